The Balaban J connectivity index is 2.21. The van der Waals surface area contributed by atoms with Crippen LogP contribution in [-0.2, 0) is 0 Å². The molecule has 3 heteroatoms. The number of benzene rings is 1. The Morgan fingerprint density at radius 3 is 2.62 bits per heavy atom. The lowest BCUT2D eigenvalue weighted by atomic mass is 10.2. The van der Waals surface area contributed by atoms with Crippen LogP contribution in [-0.4, -0.2) is 5.75 Å². The topological polar surface area (TPSA) is 26.0 Å². The van der Waals surface area contributed by atoms with E-state index in [1.54, 1.807) is 0 Å². The zero-order valence-electron chi connectivity index (χ0n) is 9.84. The van der Waals surface area contributed by atoms with Gasteiger partial charge in [0.15, 0.2) is 0 Å². The number of nitrogen functional groups attached to an aromatic ring is 1. The first-order chi connectivity index (χ1) is 7.74. The molecule has 0 amide bonds. The number of halogens is 1. The van der Waals surface area contributed by atoms with Crippen molar-refractivity contribution in [3.05, 3.63) is 23.2 Å². The lowest BCUT2D eigenvalue weighted by molar-refractivity contribution is 0.659. The number of nitrogens with two attached hydrogens (primary N) is 1. The molecule has 1 rings (SSSR count). The molecule has 1 aromatic carbocycles. The standard InChI is InChI=1S/C13H20ClNS/c1-2-3-4-5-6-9-16-13-8-7-11(15)10-12(13)14/h7-8,10H,2-6,9,15H2,1H3. The molecule has 0 unspecified atom stereocenters. The van der Waals surface area contributed by atoms with Gasteiger partial charge in [-0.25, -0.2) is 0 Å². The van der Waals surface area contributed by atoms with Crippen LogP contribution in [0.3, 0.4) is 0 Å². The molecule has 0 aliphatic rings. The zero-order chi connectivity index (χ0) is 11.8. The van der Waals surface area contributed by atoms with E-state index in [1.807, 2.05) is 30.0 Å². The molecule has 0 saturated carbocycles. The summed E-state index contributed by atoms with van der Waals surface area (Å²) in [5, 5.41) is 0.776. The van der Waals surface area contributed by atoms with E-state index in [1.165, 1.54) is 32.1 Å². The summed E-state index contributed by atoms with van der Waals surface area (Å²) >= 11 is 7.92. The normalized spacial score (nSPS) is 10.6. The number of rotatable bonds is 7. The Morgan fingerprint density at radius 1 is 1.19 bits per heavy atom. The molecular formula is C13H20ClNS. The fourth-order valence-corrected chi connectivity index (χ4v) is 2.80. The van der Waals surface area contributed by atoms with Crippen LogP contribution in [0.4, 0.5) is 5.69 Å². The lowest BCUT2D eigenvalue weighted by Gasteiger charge is -2.04. The third-order valence-corrected chi connectivity index (χ3v) is 4.05. The summed E-state index contributed by atoms with van der Waals surface area (Å²) < 4.78 is 0. The average molecular weight is 258 g/mol. The molecule has 0 radical (unpaired) electrons. The van der Waals surface area contributed by atoms with Crippen molar-refractivity contribution < 1.29 is 0 Å². The molecular weight excluding hydrogens is 238 g/mol. The Bertz CT molecular complexity index is 315. The smallest absolute Gasteiger partial charge is 0.0562 e. The van der Waals surface area contributed by atoms with E-state index in [0.717, 1.165) is 21.4 Å². The summed E-state index contributed by atoms with van der Waals surface area (Å²) in [6.07, 6.45) is 6.61. The predicted molar refractivity (Wildman–Crippen MR) is 75.3 cm³/mol. The van der Waals surface area contributed by atoms with Crippen molar-refractivity contribution in [2.24, 2.45) is 0 Å². The van der Waals surface area contributed by atoms with Crippen molar-refractivity contribution in [1.82, 2.24) is 0 Å². The van der Waals surface area contributed by atoms with Gasteiger partial charge >= 0.3 is 0 Å². The highest BCUT2D eigenvalue weighted by Gasteiger charge is 2.00. The van der Waals surface area contributed by atoms with Crippen LogP contribution in [0.1, 0.15) is 39.0 Å². The van der Waals surface area contributed by atoms with Gasteiger partial charge in [0.25, 0.3) is 0 Å². The van der Waals surface area contributed by atoms with Crippen LogP contribution in [0, 0.1) is 0 Å². The first-order valence-electron chi connectivity index (χ1n) is 5.92. The second-order valence-electron chi connectivity index (χ2n) is 3.95. The van der Waals surface area contributed by atoms with E-state index in [0.29, 0.717) is 0 Å². The summed E-state index contributed by atoms with van der Waals surface area (Å²) in [4.78, 5) is 1.14. The van der Waals surface area contributed by atoms with Gasteiger partial charge in [0, 0.05) is 10.6 Å². The third kappa shape index (κ3) is 5.13. The van der Waals surface area contributed by atoms with E-state index >= 15 is 0 Å². The highest BCUT2D eigenvalue weighted by Crippen LogP contribution is 2.29. The molecule has 1 nitrogen and oxygen atoms in total. The largest absolute Gasteiger partial charge is 0.399 e. The van der Waals surface area contributed by atoms with Crippen LogP contribution in [0.15, 0.2) is 23.1 Å². The van der Waals surface area contributed by atoms with E-state index < -0.39 is 0 Å². The van der Waals surface area contributed by atoms with Crippen molar-refractivity contribution in [1.29, 1.82) is 0 Å². The summed E-state index contributed by atoms with van der Waals surface area (Å²) in [7, 11) is 0. The van der Waals surface area contributed by atoms with Crippen molar-refractivity contribution >= 4 is 29.1 Å². The van der Waals surface area contributed by atoms with Gasteiger partial charge in [0.2, 0.25) is 0 Å². The number of hydrogen-bond acceptors (Lipinski definition) is 2. The summed E-state index contributed by atoms with van der Waals surface area (Å²) in [5.41, 5.74) is 6.38. The summed E-state index contributed by atoms with van der Waals surface area (Å²) in [6, 6.07) is 5.74. The van der Waals surface area contributed by atoms with Crippen LogP contribution < -0.4 is 5.73 Å². The van der Waals surface area contributed by atoms with E-state index in [4.69, 9.17) is 17.3 Å². The van der Waals surface area contributed by atoms with Crippen molar-refractivity contribution in [3.8, 4) is 0 Å². The highest BCUT2D eigenvalue weighted by molar-refractivity contribution is 7.99. The Kier molecular flexibility index (Phi) is 6.74. The van der Waals surface area contributed by atoms with Gasteiger partial charge < -0.3 is 5.73 Å². The fraction of sp³-hybridized carbons (Fsp3) is 0.538. The number of thioether (sulfide) groups is 1. The molecule has 2 N–H and O–H groups in total. The molecule has 16 heavy (non-hydrogen) atoms. The maximum absolute atomic E-state index is 6.09. The van der Waals surface area contributed by atoms with Gasteiger partial charge in [0.05, 0.1) is 5.02 Å². The quantitative estimate of drug-likeness (QED) is 0.423. The maximum Gasteiger partial charge on any atom is 0.0562 e. The van der Waals surface area contributed by atoms with Gasteiger partial charge in [-0.05, 0) is 30.4 Å². The van der Waals surface area contributed by atoms with Crippen molar-refractivity contribution in [3.63, 3.8) is 0 Å². The summed E-state index contributed by atoms with van der Waals surface area (Å²) in [5.74, 6) is 1.15. The number of anilines is 1. The molecule has 0 bridgehead atoms. The van der Waals surface area contributed by atoms with Crippen molar-refractivity contribution in [2.75, 3.05) is 11.5 Å². The maximum atomic E-state index is 6.09. The Morgan fingerprint density at radius 2 is 1.94 bits per heavy atom. The minimum Gasteiger partial charge on any atom is -0.399 e. The third-order valence-electron chi connectivity index (χ3n) is 2.46. The van der Waals surface area contributed by atoms with E-state index in [-0.39, 0.29) is 0 Å². The van der Waals surface area contributed by atoms with Crippen LogP contribution in [0.5, 0.6) is 0 Å². The number of unbranched alkanes of at least 4 members (excludes halogenated alkanes) is 4. The minimum absolute atomic E-state index is 0.734. The highest BCUT2D eigenvalue weighted by atomic mass is 35.5. The molecule has 0 aliphatic heterocycles. The molecule has 0 aromatic heterocycles. The second kappa shape index (κ2) is 7.86. The predicted octanol–water partition coefficient (Wildman–Crippen LogP) is 4.98. The minimum atomic E-state index is 0.734. The van der Waals surface area contributed by atoms with Crippen molar-refractivity contribution in [2.45, 2.75) is 43.9 Å². The zero-order valence-corrected chi connectivity index (χ0v) is 11.4. The van der Waals surface area contributed by atoms with Crippen LogP contribution in [0.2, 0.25) is 5.02 Å². The first-order valence-corrected chi connectivity index (χ1v) is 7.28. The average Bonchev–Trinajstić information content (AvgIpc) is 2.26. The summed E-state index contributed by atoms with van der Waals surface area (Å²) in [6.45, 7) is 2.24. The number of hydrogen-bond donors (Lipinski definition) is 1. The van der Waals surface area contributed by atoms with Gasteiger partial charge in [-0.3, -0.25) is 0 Å². The Hall–Kier alpha value is -0.340. The SMILES string of the molecule is CCCCCCCSc1ccc(N)cc1Cl. The fourth-order valence-electron chi connectivity index (χ4n) is 1.52. The molecule has 0 saturated heterocycles. The second-order valence-corrected chi connectivity index (χ2v) is 5.50. The molecule has 0 fully saturated rings. The van der Waals surface area contributed by atoms with Crippen LogP contribution in [0.25, 0.3) is 0 Å². The molecule has 1 aromatic rings. The van der Waals surface area contributed by atoms with E-state index in [9.17, 15) is 0 Å². The molecule has 0 aliphatic carbocycles. The molecule has 0 heterocycles. The van der Waals surface area contributed by atoms with Gasteiger partial charge in [-0.15, -0.1) is 11.8 Å². The lowest BCUT2D eigenvalue weighted by Crippen LogP contribution is -1.86. The molecule has 0 atom stereocenters. The van der Waals surface area contributed by atoms with Gasteiger partial charge in [-0.2, -0.15) is 0 Å². The van der Waals surface area contributed by atoms with Crippen LogP contribution >= 0.6 is 23.4 Å². The Labute approximate surface area is 108 Å². The monoisotopic (exact) mass is 257 g/mol. The van der Waals surface area contributed by atoms with Gasteiger partial charge in [0.1, 0.15) is 0 Å². The van der Waals surface area contributed by atoms with E-state index in [2.05, 4.69) is 6.92 Å². The molecule has 90 valence electrons. The first kappa shape index (κ1) is 13.7. The van der Waals surface area contributed by atoms with Gasteiger partial charge in [-0.1, -0.05) is 44.2 Å². The molecule has 0 spiro atoms.